The van der Waals surface area contributed by atoms with Gasteiger partial charge in [0.2, 0.25) is 5.91 Å². The molecule has 2 atom stereocenters. The van der Waals surface area contributed by atoms with Gasteiger partial charge >= 0.3 is 6.09 Å². The number of anilines is 1. The van der Waals surface area contributed by atoms with Gasteiger partial charge in [-0.3, -0.25) is 4.79 Å². The van der Waals surface area contributed by atoms with Gasteiger partial charge in [0.15, 0.2) is 0 Å². The smallest absolute Gasteiger partial charge is 0.410 e. The number of nitriles is 1. The topological polar surface area (TPSA) is 105 Å². The number of fused-ring (bicyclic) bond motifs is 1. The van der Waals surface area contributed by atoms with Crippen LogP contribution in [0.15, 0.2) is 28.9 Å². The first-order valence-electron chi connectivity index (χ1n) is 11.1. The van der Waals surface area contributed by atoms with Crippen molar-refractivity contribution in [3.8, 4) is 6.07 Å². The minimum Gasteiger partial charge on any atom is -0.465 e. The lowest BCUT2D eigenvalue weighted by atomic mass is 9.88. The molecule has 174 valence electrons. The maximum atomic E-state index is 12.5. The molecular formula is C24H27N3O5S. The number of carbonyl (C=O) groups is 2. The number of likely N-dealkylation sites (tertiary alicyclic amines) is 1. The van der Waals surface area contributed by atoms with Gasteiger partial charge in [-0.05, 0) is 61.8 Å². The number of nitrogens with zero attached hydrogens (tertiary/aromatic N) is 2. The zero-order valence-electron chi connectivity index (χ0n) is 18.5. The van der Waals surface area contributed by atoms with E-state index in [9.17, 15) is 14.9 Å². The Bertz CT molecular complexity index is 1050. The van der Waals surface area contributed by atoms with Crippen molar-refractivity contribution >= 4 is 34.4 Å². The molecule has 8 nitrogen and oxygen atoms in total. The highest BCUT2D eigenvalue weighted by atomic mass is 32.1. The SMILES string of the molecule is COCC1CCCN1C(=O)OCC1CCc2c(sc(NC(=O)/C=C/c3ccco3)c2C#N)C1. The van der Waals surface area contributed by atoms with Crippen molar-refractivity contribution in [2.75, 3.05) is 32.2 Å². The highest BCUT2D eigenvalue weighted by Gasteiger charge is 2.31. The molecule has 0 aromatic carbocycles. The third-order valence-corrected chi connectivity index (χ3v) is 7.24. The molecule has 0 bridgehead atoms. The van der Waals surface area contributed by atoms with Gasteiger partial charge in [-0.25, -0.2) is 4.79 Å². The van der Waals surface area contributed by atoms with Gasteiger partial charge < -0.3 is 24.1 Å². The van der Waals surface area contributed by atoms with E-state index in [1.807, 2.05) is 0 Å². The predicted molar refractivity (Wildman–Crippen MR) is 124 cm³/mol. The monoisotopic (exact) mass is 469 g/mol. The van der Waals surface area contributed by atoms with Gasteiger partial charge in [0.05, 0.1) is 31.1 Å². The number of hydrogen-bond donors (Lipinski definition) is 1. The Morgan fingerprint density at radius 2 is 2.27 bits per heavy atom. The maximum Gasteiger partial charge on any atom is 0.410 e. The first-order valence-corrected chi connectivity index (χ1v) is 11.9. The summed E-state index contributed by atoms with van der Waals surface area (Å²) in [5.74, 6) is 0.455. The van der Waals surface area contributed by atoms with Crippen LogP contribution in [0.2, 0.25) is 0 Å². The van der Waals surface area contributed by atoms with Crippen LogP contribution in [-0.4, -0.2) is 49.8 Å². The van der Waals surface area contributed by atoms with E-state index in [0.717, 1.165) is 42.5 Å². The molecule has 1 saturated heterocycles. The molecule has 0 spiro atoms. The number of ether oxygens (including phenoxy) is 2. The second-order valence-electron chi connectivity index (χ2n) is 8.29. The van der Waals surface area contributed by atoms with E-state index in [4.69, 9.17) is 13.9 Å². The van der Waals surface area contributed by atoms with E-state index in [1.165, 1.54) is 23.7 Å². The Morgan fingerprint density at radius 3 is 3.03 bits per heavy atom. The van der Waals surface area contributed by atoms with E-state index in [1.54, 1.807) is 30.2 Å². The summed E-state index contributed by atoms with van der Waals surface area (Å²) in [6.45, 7) is 1.58. The van der Waals surface area contributed by atoms with Crippen LogP contribution in [-0.2, 0) is 27.1 Å². The predicted octanol–water partition coefficient (Wildman–Crippen LogP) is 4.22. The molecule has 2 amide bonds. The van der Waals surface area contributed by atoms with Crippen LogP contribution < -0.4 is 5.32 Å². The normalized spacial score (nSPS) is 19.9. The molecule has 4 rings (SSSR count). The molecule has 1 fully saturated rings. The molecule has 1 N–H and O–H groups in total. The van der Waals surface area contributed by atoms with Gasteiger partial charge in [-0.15, -0.1) is 11.3 Å². The second kappa shape index (κ2) is 10.7. The molecule has 2 aliphatic rings. The fourth-order valence-corrected chi connectivity index (χ4v) is 5.73. The van der Waals surface area contributed by atoms with Crippen LogP contribution in [0.25, 0.3) is 6.08 Å². The van der Waals surface area contributed by atoms with Crippen LogP contribution in [0, 0.1) is 17.2 Å². The van der Waals surface area contributed by atoms with Gasteiger partial charge in [-0.1, -0.05) is 0 Å². The lowest BCUT2D eigenvalue weighted by Gasteiger charge is -2.26. The Balaban J connectivity index is 1.35. The van der Waals surface area contributed by atoms with Crippen LogP contribution >= 0.6 is 11.3 Å². The molecule has 3 heterocycles. The van der Waals surface area contributed by atoms with Crippen LogP contribution in [0.1, 0.15) is 41.0 Å². The third-order valence-electron chi connectivity index (χ3n) is 6.07. The van der Waals surface area contributed by atoms with Crippen molar-refractivity contribution in [3.63, 3.8) is 0 Å². The molecule has 2 aromatic heterocycles. The molecule has 9 heteroatoms. The van der Waals surface area contributed by atoms with E-state index >= 15 is 0 Å². The van der Waals surface area contributed by atoms with E-state index in [0.29, 0.717) is 36.1 Å². The standard InChI is InChI=1S/C24H27N3O5S/c1-30-15-17-4-2-10-27(17)24(29)32-14-16-6-8-19-20(13-25)23(33-21(19)12-16)26-22(28)9-7-18-5-3-11-31-18/h3,5,7,9,11,16-17H,2,4,6,8,10,12,14-15H2,1H3,(H,26,28)/b9-7+. The quantitative estimate of drug-likeness (QED) is 0.609. The number of nitrogens with one attached hydrogen (secondary N) is 1. The van der Waals surface area contributed by atoms with Crippen LogP contribution in [0.5, 0.6) is 0 Å². The summed E-state index contributed by atoms with van der Waals surface area (Å²) >= 11 is 1.43. The average molecular weight is 470 g/mol. The number of rotatable bonds is 7. The van der Waals surface area contributed by atoms with Gasteiger partial charge in [0, 0.05) is 24.6 Å². The molecule has 1 aliphatic heterocycles. The number of hydrogen-bond acceptors (Lipinski definition) is 7. The van der Waals surface area contributed by atoms with E-state index < -0.39 is 0 Å². The highest BCUT2D eigenvalue weighted by molar-refractivity contribution is 7.16. The molecule has 2 aromatic rings. The first kappa shape index (κ1) is 23.1. The van der Waals surface area contributed by atoms with E-state index in [-0.39, 0.29) is 24.0 Å². The molecular weight excluding hydrogens is 442 g/mol. The lowest BCUT2D eigenvalue weighted by molar-refractivity contribution is -0.111. The highest BCUT2D eigenvalue weighted by Crippen LogP contribution is 2.39. The van der Waals surface area contributed by atoms with Crippen molar-refractivity contribution in [1.82, 2.24) is 4.90 Å². The fraction of sp³-hybridized carbons (Fsp3) is 0.458. The summed E-state index contributed by atoms with van der Waals surface area (Å²) in [5, 5.41) is 13.1. The van der Waals surface area contributed by atoms with Crippen molar-refractivity contribution in [2.45, 2.75) is 38.1 Å². The van der Waals surface area contributed by atoms with Gasteiger partial charge in [0.1, 0.15) is 16.8 Å². The first-order chi connectivity index (χ1) is 16.1. The van der Waals surface area contributed by atoms with Gasteiger partial charge in [0.25, 0.3) is 0 Å². The number of furan rings is 1. The van der Waals surface area contributed by atoms with Crippen LogP contribution in [0.4, 0.5) is 9.80 Å². The van der Waals surface area contributed by atoms with Crippen LogP contribution in [0.3, 0.4) is 0 Å². The molecule has 0 radical (unpaired) electrons. The summed E-state index contributed by atoms with van der Waals surface area (Å²) in [6.07, 6.45) is 8.41. The Labute approximate surface area is 196 Å². The Hall–Kier alpha value is -3.09. The largest absolute Gasteiger partial charge is 0.465 e. The maximum absolute atomic E-state index is 12.5. The molecule has 33 heavy (non-hydrogen) atoms. The van der Waals surface area contributed by atoms with Crippen molar-refractivity contribution in [2.24, 2.45) is 5.92 Å². The zero-order chi connectivity index (χ0) is 23.2. The lowest BCUT2D eigenvalue weighted by Crippen LogP contribution is -2.39. The summed E-state index contributed by atoms with van der Waals surface area (Å²) in [7, 11) is 1.64. The molecule has 2 unspecified atom stereocenters. The number of methoxy groups -OCH3 is 1. The number of amides is 2. The number of thiophene rings is 1. The second-order valence-corrected chi connectivity index (χ2v) is 9.39. The van der Waals surface area contributed by atoms with Gasteiger partial charge in [-0.2, -0.15) is 5.26 Å². The Kier molecular flexibility index (Phi) is 7.47. The third kappa shape index (κ3) is 5.46. The summed E-state index contributed by atoms with van der Waals surface area (Å²) in [4.78, 5) is 27.7. The minimum absolute atomic E-state index is 0.0870. The summed E-state index contributed by atoms with van der Waals surface area (Å²) in [5.41, 5.74) is 1.53. The Morgan fingerprint density at radius 1 is 1.39 bits per heavy atom. The van der Waals surface area contributed by atoms with Crippen molar-refractivity contribution in [3.05, 3.63) is 46.2 Å². The fourth-order valence-electron chi connectivity index (χ4n) is 4.41. The average Bonchev–Trinajstić information content (AvgIpc) is 3.56. The summed E-state index contributed by atoms with van der Waals surface area (Å²) in [6, 6.07) is 5.83. The number of carbonyl (C=O) groups excluding carboxylic acids is 2. The zero-order valence-corrected chi connectivity index (χ0v) is 19.4. The van der Waals surface area contributed by atoms with Crippen molar-refractivity contribution < 1.29 is 23.5 Å². The van der Waals surface area contributed by atoms with E-state index in [2.05, 4.69) is 11.4 Å². The summed E-state index contributed by atoms with van der Waals surface area (Å²) < 4.78 is 16.0. The van der Waals surface area contributed by atoms with Crippen molar-refractivity contribution in [1.29, 1.82) is 5.26 Å². The minimum atomic E-state index is -0.316. The molecule has 1 aliphatic carbocycles. The molecule has 0 saturated carbocycles.